The normalized spacial score (nSPS) is 10.5. The number of aromatic nitrogens is 1. The molecule has 0 aliphatic rings. The third-order valence-electron chi connectivity index (χ3n) is 3.51. The van der Waals surface area contributed by atoms with Crippen molar-refractivity contribution in [2.24, 2.45) is 0 Å². The summed E-state index contributed by atoms with van der Waals surface area (Å²) < 4.78 is 6.82. The van der Waals surface area contributed by atoms with Gasteiger partial charge in [-0.05, 0) is 29.3 Å². The number of ether oxygens (including phenoxy) is 1. The Morgan fingerprint density at radius 2 is 1.81 bits per heavy atom. The fourth-order valence-corrected chi connectivity index (χ4v) is 2.45. The zero-order chi connectivity index (χ0) is 14.8. The monoisotopic (exact) mass is 277 g/mol. The number of methoxy groups -OCH3 is 1. The van der Waals surface area contributed by atoms with Gasteiger partial charge in [0, 0.05) is 6.20 Å². The van der Waals surface area contributed by atoms with Crippen LogP contribution >= 0.6 is 0 Å². The summed E-state index contributed by atoms with van der Waals surface area (Å²) >= 11 is 0. The fourth-order valence-electron chi connectivity index (χ4n) is 2.45. The predicted octanol–water partition coefficient (Wildman–Crippen LogP) is 3.79. The Morgan fingerprint density at radius 1 is 1.10 bits per heavy atom. The number of rotatable bonds is 3. The highest BCUT2D eigenvalue weighted by molar-refractivity contribution is 5.99. The van der Waals surface area contributed by atoms with Gasteiger partial charge in [0.05, 0.1) is 23.9 Å². The Morgan fingerprint density at radius 3 is 2.52 bits per heavy atom. The number of benzene rings is 1. The van der Waals surface area contributed by atoms with E-state index >= 15 is 0 Å². The molecule has 0 spiro atoms. The van der Waals surface area contributed by atoms with E-state index in [9.17, 15) is 4.79 Å². The van der Waals surface area contributed by atoms with Gasteiger partial charge in [0.25, 0.3) is 0 Å². The van der Waals surface area contributed by atoms with Crippen LogP contribution < -0.4 is 0 Å². The summed E-state index contributed by atoms with van der Waals surface area (Å²) in [6.07, 6.45) is 1.92. The van der Waals surface area contributed by atoms with Gasteiger partial charge in [0.1, 0.15) is 0 Å². The average molecular weight is 277 g/mol. The van der Waals surface area contributed by atoms with E-state index in [2.05, 4.69) is 6.58 Å². The second-order valence-electron chi connectivity index (χ2n) is 4.74. The highest BCUT2D eigenvalue weighted by Crippen LogP contribution is 2.27. The molecule has 0 bridgehead atoms. The molecule has 3 aromatic rings. The molecule has 21 heavy (non-hydrogen) atoms. The standard InChI is InChI=1S/C18H15NO2/c1-13(14-8-4-3-5-9-14)17-12-15(18(20)21-2)16-10-6-7-11-19(16)17/h3-12H,1H2,2H3. The summed E-state index contributed by atoms with van der Waals surface area (Å²) in [5.41, 5.74) is 4.14. The highest BCUT2D eigenvalue weighted by atomic mass is 16.5. The largest absolute Gasteiger partial charge is 0.465 e. The first kappa shape index (κ1) is 13.2. The molecule has 0 amide bonds. The third kappa shape index (κ3) is 2.23. The van der Waals surface area contributed by atoms with Gasteiger partial charge >= 0.3 is 5.97 Å². The highest BCUT2D eigenvalue weighted by Gasteiger charge is 2.17. The number of hydrogen-bond acceptors (Lipinski definition) is 2. The van der Waals surface area contributed by atoms with Crippen LogP contribution in [0.15, 0.2) is 67.4 Å². The van der Waals surface area contributed by atoms with E-state index in [-0.39, 0.29) is 5.97 Å². The predicted molar refractivity (Wildman–Crippen MR) is 83.3 cm³/mol. The lowest BCUT2D eigenvalue weighted by Gasteiger charge is -2.06. The molecule has 2 heterocycles. The van der Waals surface area contributed by atoms with Gasteiger partial charge < -0.3 is 9.14 Å². The van der Waals surface area contributed by atoms with Crippen molar-refractivity contribution in [1.29, 1.82) is 0 Å². The summed E-state index contributed by atoms with van der Waals surface area (Å²) in [6, 6.07) is 17.5. The minimum atomic E-state index is -0.342. The van der Waals surface area contributed by atoms with E-state index in [1.807, 2.05) is 65.2 Å². The van der Waals surface area contributed by atoms with E-state index in [0.29, 0.717) is 5.56 Å². The first-order valence-electron chi connectivity index (χ1n) is 6.65. The fraction of sp³-hybridized carbons (Fsp3) is 0.0556. The molecule has 0 radical (unpaired) electrons. The van der Waals surface area contributed by atoms with E-state index in [4.69, 9.17) is 4.74 Å². The summed E-state index contributed by atoms with van der Waals surface area (Å²) in [5.74, 6) is -0.342. The van der Waals surface area contributed by atoms with Crippen molar-refractivity contribution in [3.05, 3.63) is 84.2 Å². The van der Waals surface area contributed by atoms with Gasteiger partial charge in [-0.15, -0.1) is 0 Å². The van der Waals surface area contributed by atoms with E-state index in [1.54, 1.807) is 0 Å². The van der Waals surface area contributed by atoms with Crippen LogP contribution in [-0.4, -0.2) is 17.5 Å². The Labute approximate surface area is 123 Å². The number of hydrogen-bond donors (Lipinski definition) is 0. The molecule has 3 rings (SSSR count). The summed E-state index contributed by atoms with van der Waals surface area (Å²) in [4.78, 5) is 11.9. The van der Waals surface area contributed by atoms with Crippen molar-refractivity contribution < 1.29 is 9.53 Å². The van der Waals surface area contributed by atoms with Gasteiger partial charge in [0.2, 0.25) is 0 Å². The maximum absolute atomic E-state index is 11.9. The van der Waals surface area contributed by atoms with E-state index in [0.717, 1.165) is 22.3 Å². The molecule has 0 N–H and O–H groups in total. The Bertz CT molecular complexity index is 816. The maximum Gasteiger partial charge on any atom is 0.340 e. The van der Waals surface area contributed by atoms with Crippen LogP contribution in [0.5, 0.6) is 0 Å². The Hall–Kier alpha value is -2.81. The molecule has 3 nitrogen and oxygen atoms in total. The molecule has 0 saturated heterocycles. The van der Waals surface area contributed by atoms with Crippen LogP contribution in [0, 0.1) is 0 Å². The first-order chi connectivity index (χ1) is 10.2. The molecule has 0 aliphatic carbocycles. The van der Waals surface area contributed by atoms with Gasteiger partial charge in [-0.1, -0.05) is 43.0 Å². The molecular weight excluding hydrogens is 262 g/mol. The Kier molecular flexibility index (Phi) is 3.32. The summed E-state index contributed by atoms with van der Waals surface area (Å²) in [6.45, 7) is 4.17. The van der Waals surface area contributed by atoms with E-state index in [1.165, 1.54) is 7.11 Å². The number of carbonyl (C=O) groups is 1. The van der Waals surface area contributed by atoms with Gasteiger partial charge in [-0.3, -0.25) is 0 Å². The van der Waals surface area contributed by atoms with Crippen LogP contribution in [0.3, 0.4) is 0 Å². The summed E-state index contributed by atoms with van der Waals surface area (Å²) in [5, 5.41) is 0. The molecule has 104 valence electrons. The topological polar surface area (TPSA) is 30.7 Å². The molecular formula is C18H15NO2. The number of nitrogens with zero attached hydrogens (tertiary/aromatic N) is 1. The van der Waals surface area contributed by atoms with Crippen molar-refractivity contribution in [3.8, 4) is 0 Å². The number of fused-ring (bicyclic) bond motifs is 1. The lowest BCUT2D eigenvalue weighted by atomic mass is 10.0. The molecule has 1 aromatic carbocycles. The van der Waals surface area contributed by atoms with Crippen molar-refractivity contribution in [3.63, 3.8) is 0 Å². The molecule has 0 fully saturated rings. The number of esters is 1. The summed E-state index contributed by atoms with van der Waals surface area (Å²) in [7, 11) is 1.39. The van der Waals surface area contributed by atoms with Gasteiger partial charge in [-0.25, -0.2) is 4.79 Å². The lowest BCUT2D eigenvalue weighted by molar-refractivity contribution is 0.0603. The van der Waals surface area contributed by atoms with Gasteiger partial charge in [-0.2, -0.15) is 0 Å². The average Bonchev–Trinajstić information content (AvgIpc) is 2.94. The molecule has 0 saturated carbocycles. The third-order valence-corrected chi connectivity index (χ3v) is 3.51. The van der Waals surface area contributed by atoms with Gasteiger partial charge in [0.15, 0.2) is 0 Å². The Balaban J connectivity index is 2.20. The van der Waals surface area contributed by atoms with Crippen molar-refractivity contribution in [1.82, 2.24) is 4.40 Å². The number of carbonyl (C=O) groups excluding carboxylic acids is 1. The minimum Gasteiger partial charge on any atom is -0.465 e. The van der Waals surface area contributed by atoms with Crippen molar-refractivity contribution in [2.75, 3.05) is 7.11 Å². The SMILES string of the molecule is C=C(c1ccccc1)c1cc(C(=O)OC)c2ccccn12. The van der Waals surface area contributed by atoms with Crippen molar-refractivity contribution in [2.45, 2.75) is 0 Å². The van der Waals surface area contributed by atoms with E-state index < -0.39 is 0 Å². The second kappa shape index (κ2) is 5.29. The maximum atomic E-state index is 11.9. The molecule has 0 atom stereocenters. The van der Waals surface area contributed by atoms with Crippen LogP contribution in [-0.2, 0) is 4.74 Å². The van der Waals surface area contributed by atoms with Crippen LogP contribution in [0.2, 0.25) is 0 Å². The van der Waals surface area contributed by atoms with Crippen LogP contribution in [0.25, 0.3) is 11.1 Å². The lowest BCUT2D eigenvalue weighted by Crippen LogP contribution is -1.99. The molecule has 0 unspecified atom stereocenters. The number of pyridine rings is 1. The quantitative estimate of drug-likeness (QED) is 0.682. The molecule has 2 aromatic heterocycles. The van der Waals surface area contributed by atoms with Crippen LogP contribution in [0.4, 0.5) is 0 Å². The zero-order valence-electron chi connectivity index (χ0n) is 11.7. The van der Waals surface area contributed by atoms with Crippen LogP contribution in [0.1, 0.15) is 21.6 Å². The second-order valence-corrected chi connectivity index (χ2v) is 4.74. The zero-order valence-corrected chi connectivity index (χ0v) is 11.7. The smallest absolute Gasteiger partial charge is 0.340 e. The molecule has 0 aliphatic heterocycles. The minimum absolute atomic E-state index is 0.342. The van der Waals surface area contributed by atoms with Crippen molar-refractivity contribution >= 4 is 17.1 Å². The molecule has 3 heteroatoms. The first-order valence-corrected chi connectivity index (χ1v) is 6.65.